The fraction of sp³-hybridized carbons (Fsp3) is 0.320. The molecule has 0 amide bonds. The highest BCUT2D eigenvalue weighted by atomic mass is 16.5. The summed E-state index contributed by atoms with van der Waals surface area (Å²) in [6, 6.07) is 39.3. The molecular weight excluding hydrogens is 729 g/mol. The van der Waals surface area contributed by atoms with E-state index < -0.39 is 0 Å². The van der Waals surface area contributed by atoms with E-state index >= 15 is 0 Å². The van der Waals surface area contributed by atoms with Gasteiger partial charge in [0.05, 0.1) is 50.5 Å². The highest BCUT2D eigenvalue weighted by molar-refractivity contribution is 6.10. The maximum atomic E-state index is 13.6. The zero-order valence-corrected chi connectivity index (χ0v) is 33.3. The third-order valence-electron chi connectivity index (χ3n) is 11.8. The predicted molar refractivity (Wildman–Crippen MR) is 226 cm³/mol. The van der Waals surface area contributed by atoms with Crippen LogP contribution in [0.15, 0.2) is 121 Å². The normalized spacial score (nSPS) is 15.3. The SMILES string of the molecule is CCC1(COc2ccc(CCC(=O)Oc3ccc4ccccc4c3-c3c(OC(=O)CCc4ccc(OCC5(CC)COC5)cc4)ccc4ccccc34)cc2)COC1. The van der Waals surface area contributed by atoms with Crippen LogP contribution in [0.2, 0.25) is 0 Å². The molecule has 2 heterocycles. The fourth-order valence-corrected chi connectivity index (χ4v) is 7.57. The number of ether oxygens (including phenoxy) is 6. The number of rotatable bonds is 17. The van der Waals surface area contributed by atoms with Crippen molar-refractivity contribution in [2.45, 2.75) is 52.4 Å². The van der Waals surface area contributed by atoms with Crippen molar-refractivity contribution in [1.82, 2.24) is 0 Å². The molecule has 8 nitrogen and oxygen atoms in total. The van der Waals surface area contributed by atoms with Gasteiger partial charge in [-0.05, 0) is 94.8 Å². The van der Waals surface area contributed by atoms with Crippen molar-refractivity contribution in [2.75, 3.05) is 39.6 Å². The topological polar surface area (TPSA) is 89.5 Å². The Hall–Kier alpha value is -5.70. The highest BCUT2D eigenvalue weighted by Gasteiger charge is 2.38. The molecule has 0 aromatic heterocycles. The zero-order chi connectivity index (χ0) is 40.0. The first-order chi connectivity index (χ1) is 28.3. The van der Waals surface area contributed by atoms with Crippen LogP contribution in [0.5, 0.6) is 23.0 Å². The summed E-state index contributed by atoms with van der Waals surface area (Å²) in [4.78, 5) is 27.2. The number of carbonyl (C=O) groups excluding carboxylic acids is 2. The number of aryl methyl sites for hydroxylation is 2. The largest absolute Gasteiger partial charge is 0.493 e. The van der Waals surface area contributed by atoms with Crippen molar-refractivity contribution in [3.05, 3.63) is 132 Å². The zero-order valence-electron chi connectivity index (χ0n) is 33.3. The lowest BCUT2D eigenvalue weighted by Crippen LogP contribution is -2.46. The molecule has 2 aliphatic rings. The van der Waals surface area contributed by atoms with E-state index in [1.807, 2.05) is 121 Å². The maximum Gasteiger partial charge on any atom is 0.311 e. The molecule has 298 valence electrons. The Morgan fingerprint density at radius 1 is 0.517 bits per heavy atom. The molecule has 0 spiro atoms. The number of carbonyl (C=O) groups is 2. The van der Waals surface area contributed by atoms with Gasteiger partial charge in [0.25, 0.3) is 0 Å². The molecule has 6 aromatic rings. The first kappa shape index (κ1) is 39.1. The highest BCUT2D eigenvalue weighted by Crippen LogP contribution is 2.46. The van der Waals surface area contributed by atoms with Gasteiger partial charge >= 0.3 is 11.9 Å². The fourth-order valence-electron chi connectivity index (χ4n) is 7.57. The summed E-state index contributed by atoms with van der Waals surface area (Å²) in [6.45, 7) is 8.53. The average Bonchev–Trinajstić information content (AvgIpc) is 3.22. The number of hydrogen-bond acceptors (Lipinski definition) is 8. The molecule has 0 atom stereocenters. The van der Waals surface area contributed by atoms with Crippen LogP contribution >= 0.6 is 0 Å². The van der Waals surface area contributed by atoms with E-state index in [1.165, 1.54) is 0 Å². The average molecular weight is 779 g/mol. The van der Waals surface area contributed by atoms with Gasteiger partial charge in [0, 0.05) is 24.0 Å². The second-order valence-corrected chi connectivity index (χ2v) is 15.8. The van der Waals surface area contributed by atoms with Crippen LogP contribution in [0.1, 0.15) is 50.7 Å². The molecule has 0 saturated carbocycles. The standard InChI is InChI=1S/C50H50O8/c1-3-49(29-53-30-49)33-55-39-21-13-35(14-22-39)17-27-45(51)57-43-25-19-37-9-5-7-11-41(37)47(43)48-42-12-8-6-10-38(42)20-26-44(48)58-46(52)28-18-36-15-23-40(24-16-36)56-34-50(4-2)31-54-32-50/h5-16,19-26H,3-4,17-18,27-34H2,1-2H3. The Kier molecular flexibility index (Phi) is 11.8. The van der Waals surface area contributed by atoms with Gasteiger partial charge in [-0.3, -0.25) is 9.59 Å². The number of esters is 2. The predicted octanol–water partition coefficient (Wildman–Crippen LogP) is 10.3. The van der Waals surface area contributed by atoms with E-state index in [0.717, 1.165) is 83.4 Å². The van der Waals surface area contributed by atoms with Gasteiger partial charge in [-0.1, -0.05) is 98.8 Å². The Morgan fingerprint density at radius 2 is 0.914 bits per heavy atom. The Bertz CT molecular complexity index is 2200. The molecule has 2 saturated heterocycles. The molecule has 0 bridgehead atoms. The summed E-state index contributed by atoms with van der Waals surface area (Å²) in [6.07, 6.45) is 3.42. The maximum absolute atomic E-state index is 13.6. The van der Waals surface area contributed by atoms with Crippen LogP contribution in [0.25, 0.3) is 32.7 Å². The molecule has 0 N–H and O–H groups in total. The lowest BCUT2D eigenvalue weighted by atomic mass is 9.84. The van der Waals surface area contributed by atoms with Crippen molar-refractivity contribution >= 4 is 33.5 Å². The third kappa shape index (κ3) is 8.74. The van der Waals surface area contributed by atoms with Crippen LogP contribution in [-0.4, -0.2) is 51.6 Å². The van der Waals surface area contributed by atoms with E-state index in [9.17, 15) is 9.59 Å². The second-order valence-electron chi connectivity index (χ2n) is 15.8. The van der Waals surface area contributed by atoms with Crippen molar-refractivity contribution < 1.29 is 38.0 Å². The minimum Gasteiger partial charge on any atom is -0.493 e. The van der Waals surface area contributed by atoms with E-state index in [0.29, 0.717) is 48.7 Å². The Morgan fingerprint density at radius 3 is 1.28 bits per heavy atom. The molecule has 58 heavy (non-hydrogen) atoms. The summed E-state index contributed by atoms with van der Waals surface area (Å²) in [5, 5.41) is 3.70. The lowest BCUT2D eigenvalue weighted by Gasteiger charge is -2.40. The number of fused-ring (bicyclic) bond motifs is 2. The van der Waals surface area contributed by atoms with Crippen molar-refractivity contribution in [3.63, 3.8) is 0 Å². The van der Waals surface area contributed by atoms with Crippen molar-refractivity contribution in [2.24, 2.45) is 10.8 Å². The molecule has 0 unspecified atom stereocenters. The summed E-state index contributed by atoms with van der Waals surface area (Å²) < 4.78 is 35.4. The van der Waals surface area contributed by atoms with Gasteiger partial charge in [-0.2, -0.15) is 0 Å². The molecule has 6 aromatic carbocycles. The molecule has 2 fully saturated rings. The van der Waals surface area contributed by atoms with Crippen molar-refractivity contribution in [3.8, 4) is 34.1 Å². The summed E-state index contributed by atoms with van der Waals surface area (Å²) in [7, 11) is 0. The van der Waals surface area contributed by atoms with Gasteiger partial charge in [0.1, 0.15) is 23.0 Å². The molecule has 0 aliphatic carbocycles. The first-order valence-electron chi connectivity index (χ1n) is 20.4. The number of benzene rings is 6. The third-order valence-corrected chi connectivity index (χ3v) is 11.8. The summed E-state index contributed by atoms with van der Waals surface area (Å²) >= 11 is 0. The second kappa shape index (κ2) is 17.4. The lowest BCUT2D eigenvalue weighted by molar-refractivity contribution is -0.135. The molecule has 8 rings (SSSR count). The van der Waals surface area contributed by atoms with Gasteiger partial charge in [0.2, 0.25) is 0 Å². The van der Waals surface area contributed by atoms with Crippen LogP contribution < -0.4 is 18.9 Å². The van der Waals surface area contributed by atoms with Gasteiger partial charge in [0.15, 0.2) is 0 Å². The summed E-state index contributed by atoms with van der Waals surface area (Å²) in [5.41, 5.74) is 3.62. The van der Waals surface area contributed by atoms with Crippen LogP contribution in [0.4, 0.5) is 0 Å². The Labute approximate surface area is 340 Å². The van der Waals surface area contributed by atoms with Crippen molar-refractivity contribution in [1.29, 1.82) is 0 Å². The van der Waals surface area contributed by atoms with E-state index in [-0.39, 0.29) is 35.6 Å². The molecule has 0 radical (unpaired) electrons. The van der Waals surface area contributed by atoms with Gasteiger partial charge < -0.3 is 28.4 Å². The van der Waals surface area contributed by atoms with Crippen LogP contribution in [0, 0.1) is 10.8 Å². The van der Waals surface area contributed by atoms with Crippen LogP contribution in [0.3, 0.4) is 0 Å². The molecule has 8 heteroatoms. The molecule has 2 aliphatic heterocycles. The van der Waals surface area contributed by atoms with Gasteiger partial charge in [-0.25, -0.2) is 0 Å². The quantitative estimate of drug-likeness (QED) is 0.0668. The first-order valence-corrected chi connectivity index (χ1v) is 20.4. The monoisotopic (exact) mass is 778 g/mol. The van der Waals surface area contributed by atoms with Gasteiger partial charge in [-0.15, -0.1) is 0 Å². The van der Waals surface area contributed by atoms with E-state index in [2.05, 4.69) is 13.8 Å². The van der Waals surface area contributed by atoms with E-state index in [4.69, 9.17) is 28.4 Å². The summed E-state index contributed by atoms with van der Waals surface area (Å²) in [5.74, 6) is 1.70. The smallest absolute Gasteiger partial charge is 0.311 e. The van der Waals surface area contributed by atoms with Crippen LogP contribution in [-0.2, 0) is 31.9 Å². The minimum absolute atomic E-state index is 0.103. The minimum atomic E-state index is -0.358. The Balaban J connectivity index is 0.981. The number of hydrogen-bond donors (Lipinski definition) is 0. The van der Waals surface area contributed by atoms with E-state index in [1.54, 1.807) is 0 Å². The molecular formula is C50H50O8.